The molecule has 2 aromatic rings. The van der Waals surface area contributed by atoms with E-state index in [0.29, 0.717) is 11.6 Å². The molecule has 0 bridgehead atoms. The van der Waals surface area contributed by atoms with Crippen LogP contribution in [0.25, 0.3) is 0 Å². The Balaban J connectivity index is 1.96. The molecular formula is C18H21BrFN. The van der Waals surface area contributed by atoms with Crippen molar-refractivity contribution in [3.63, 3.8) is 0 Å². The minimum Gasteiger partial charge on any atom is -0.307 e. The summed E-state index contributed by atoms with van der Waals surface area (Å²) >= 11 is 3.44. The quantitative estimate of drug-likeness (QED) is 0.784. The minimum absolute atomic E-state index is 0.130. The standard InChI is InChI=1S/C18H21BrFN/c1-12-4-7-16(11-18(12)20)14(3)21-13(2)10-15-5-8-17(19)9-6-15/h4-9,11,13-14,21H,10H2,1-3H3. The zero-order chi connectivity index (χ0) is 15.4. The van der Waals surface area contributed by atoms with E-state index >= 15 is 0 Å². The largest absolute Gasteiger partial charge is 0.307 e. The van der Waals surface area contributed by atoms with Crippen molar-refractivity contribution in [3.8, 4) is 0 Å². The summed E-state index contributed by atoms with van der Waals surface area (Å²) in [5.41, 5.74) is 2.97. The van der Waals surface area contributed by atoms with E-state index in [4.69, 9.17) is 0 Å². The summed E-state index contributed by atoms with van der Waals surface area (Å²) in [7, 11) is 0. The summed E-state index contributed by atoms with van der Waals surface area (Å²) in [5, 5.41) is 3.53. The van der Waals surface area contributed by atoms with Gasteiger partial charge in [-0.25, -0.2) is 4.39 Å². The summed E-state index contributed by atoms with van der Waals surface area (Å²) in [6.45, 7) is 6.01. The Morgan fingerprint density at radius 2 is 1.76 bits per heavy atom. The summed E-state index contributed by atoms with van der Waals surface area (Å²) in [4.78, 5) is 0. The average molecular weight is 350 g/mol. The fourth-order valence-electron chi connectivity index (χ4n) is 2.43. The summed E-state index contributed by atoms with van der Waals surface area (Å²) in [6, 6.07) is 14.3. The Hall–Kier alpha value is -1.19. The maximum absolute atomic E-state index is 13.6. The van der Waals surface area contributed by atoms with Gasteiger partial charge < -0.3 is 5.32 Å². The van der Waals surface area contributed by atoms with Gasteiger partial charge in [-0.2, -0.15) is 0 Å². The molecule has 1 N–H and O–H groups in total. The molecule has 0 spiro atoms. The molecule has 0 saturated carbocycles. The molecule has 0 aliphatic heterocycles. The van der Waals surface area contributed by atoms with Gasteiger partial charge in [0.15, 0.2) is 0 Å². The lowest BCUT2D eigenvalue weighted by atomic mass is 10.0. The topological polar surface area (TPSA) is 12.0 Å². The third kappa shape index (κ3) is 4.65. The van der Waals surface area contributed by atoms with E-state index < -0.39 is 0 Å². The molecule has 1 nitrogen and oxygen atoms in total. The Morgan fingerprint density at radius 3 is 2.38 bits per heavy atom. The van der Waals surface area contributed by atoms with E-state index in [1.54, 1.807) is 13.0 Å². The highest BCUT2D eigenvalue weighted by Gasteiger charge is 2.11. The van der Waals surface area contributed by atoms with E-state index in [1.165, 1.54) is 5.56 Å². The average Bonchev–Trinajstić information content (AvgIpc) is 2.44. The molecule has 0 aromatic heterocycles. The van der Waals surface area contributed by atoms with Crippen molar-refractivity contribution in [2.75, 3.05) is 0 Å². The monoisotopic (exact) mass is 349 g/mol. The molecule has 21 heavy (non-hydrogen) atoms. The fraction of sp³-hybridized carbons (Fsp3) is 0.333. The van der Waals surface area contributed by atoms with Crippen molar-refractivity contribution in [2.24, 2.45) is 0 Å². The first-order valence-electron chi connectivity index (χ1n) is 7.22. The van der Waals surface area contributed by atoms with Crippen molar-refractivity contribution in [3.05, 3.63) is 69.4 Å². The van der Waals surface area contributed by atoms with Gasteiger partial charge in [-0.05, 0) is 62.1 Å². The van der Waals surface area contributed by atoms with Crippen molar-refractivity contribution >= 4 is 15.9 Å². The molecular weight excluding hydrogens is 329 g/mol. The minimum atomic E-state index is -0.137. The van der Waals surface area contributed by atoms with E-state index in [2.05, 4.69) is 59.4 Å². The molecule has 2 aromatic carbocycles. The SMILES string of the molecule is Cc1ccc(C(C)NC(C)Cc2ccc(Br)cc2)cc1F. The van der Waals surface area contributed by atoms with Gasteiger partial charge in [-0.15, -0.1) is 0 Å². The van der Waals surface area contributed by atoms with Gasteiger partial charge in [0.05, 0.1) is 0 Å². The summed E-state index contributed by atoms with van der Waals surface area (Å²) in [6.07, 6.45) is 0.950. The van der Waals surface area contributed by atoms with Gasteiger partial charge >= 0.3 is 0 Å². The second-order valence-corrected chi connectivity index (χ2v) is 6.54. The molecule has 3 heteroatoms. The predicted octanol–water partition coefficient (Wildman–Crippen LogP) is 5.18. The van der Waals surface area contributed by atoms with Crippen LogP contribution >= 0.6 is 15.9 Å². The first-order valence-corrected chi connectivity index (χ1v) is 8.01. The number of hydrogen-bond acceptors (Lipinski definition) is 1. The predicted molar refractivity (Wildman–Crippen MR) is 90.0 cm³/mol. The van der Waals surface area contributed by atoms with Crippen LogP contribution in [0.5, 0.6) is 0 Å². The number of hydrogen-bond donors (Lipinski definition) is 1. The van der Waals surface area contributed by atoms with E-state index in [-0.39, 0.29) is 11.9 Å². The smallest absolute Gasteiger partial charge is 0.126 e. The van der Waals surface area contributed by atoms with Gasteiger partial charge in [0.1, 0.15) is 5.82 Å². The van der Waals surface area contributed by atoms with Crippen LogP contribution < -0.4 is 5.32 Å². The molecule has 2 unspecified atom stereocenters. The first kappa shape index (κ1) is 16.2. The zero-order valence-corrected chi connectivity index (χ0v) is 14.2. The number of benzene rings is 2. The lowest BCUT2D eigenvalue weighted by Crippen LogP contribution is -2.30. The van der Waals surface area contributed by atoms with E-state index in [1.807, 2.05) is 12.1 Å². The lowest BCUT2D eigenvalue weighted by Gasteiger charge is -2.21. The van der Waals surface area contributed by atoms with Gasteiger partial charge in [-0.1, -0.05) is 40.2 Å². The maximum Gasteiger partial charge on any atom is 0.126 e. The van der Waals surface area contributed by atoms with Crippen LogP contribution in [0.3, 0.4) is 0 Å². The third-order valence-electron chi connectivity index (χ3n) is 3.69. The van der Waals surface area contributed by atoms with Crippen molar-refractivity contribution in [2.45, 2.75) is 39.3 Å². The van der Waals surface area contributed by atoms with Crippen LogP contribution in [0.2, 0.25) is 0 Å². The van der Waals surface area contributed by atoms with E-state index in [0.717, 1.165) is 16.5 Å². The third-order valence-corrected chi connectivity index (χ3v) is 4.21. The molecule has 0 amide bonds. The van der Waals surface area contributed by atoms with Crippen LogP contribution in [0.15, 0.2) is 46.9 Å². The second-order valence-electron chi connectivity index (χ2n) is 5.63. The van der Waals surface area contributed by atoms with Gasteiger partial charge in [0, 0.05) is 16.6 Å². The number of halogens is 2. The fourth-order valence-corrected chi connectivity index (χ4v) is 2.70. The maximum atomic E-state index is 13.6. The van der Waals surface area contributed by atoms with Crippen LogP contribution in [0.1, 0.15) is 36.6 Å². The van der Waals surface area contributed by atoms with Gasteiger partial charge in [0.25, 0.3) is 0 Å². The molecule has 2 atom stereocenters. The highest BCUT2D eigenvalue weighted by Crippen LogP contribution is 2.18. The molecule has 112 valence electrons. The van der Waals surface area contributed by atoms with Crippen molar-refractivity contribution < 1.29 is 4.39 Å². The molecule has 0 saturated heterocycles. The number of rotatable bonds is 5. The molecule has 0 aliphatic rings. The lowest BCUT2D eigenvalue weighted by molar-refractivity contribution is 0.475. The molecule has 2 rings (SSSR count). The van der Waals surface area contributed by atoms with Crippen LogP contribution in [-0.2, 0) is 6.42 Å². The first-order chi connectivity index (χ1) is 9.95. The summed E-state index contributed by atoms with van der Waals surface area (Å²) < 4.78 is 14.7. The van der Waals surface area contributed by atoms with Crippen LogP contribution in [-0.4, -0.2) is 6.04 Å². The van der Waals surface area contributed by atoms with Crippen molar-refractivity contribution in [1.82, 2.24) is 5.32 Å². The Bertz CT molecular complexity index is 595. The van der Waals surface area contributed by atoms with Gasteiger partial charge in [0.2, 0.25) is 0 Å². The Morgan fingerprint density at radius 1 is 1.10 bits per heavy atom. The number of aryl methyl sites for hydroxylation is 1. The molecule has 0 radical (unpaired) electrons. The normalized spacial score (nSPS) is 14.0. The summed E-state index contributed by atoms with van der Waals surface area (Å²) in [5.74, 6) is -0.137. The highest BCUT2D eigenvalue weighted by molar-refractivity contribution is 9.10. The van der Waals surface area contributed by atoms with E-state index in [9.17, 15) is 4.39 Å². The molecule has 0 heterocycles. The van der Waals surface area contributed by atoms with Crippen molar-refractivity contribution in [1.29, 1.82) is 0 Å². The van der Waals surface area contributed by atoms with Crippen LogP contribution in [0, 0.1) is 12.7 Å². The molecule has 0 fully saturated rings. The second kappa shape index (κ2) is 7.19. The number of nitrogens with one attached hydrogen (secondary N) is 1. The van der Waals surface area contributed by atoms with Gasteiger partial charge in [-0.3, -0.25) is 0 Å². The zero-order valence-electron chi connectivity index (χ0n) is 12.7. The Kier molecular flexibility index (Phi) is 5.54. The highest BCUT2D eigenvalue weighted by atomic mass is 79.9. The van der Waals surface area contributed by atoms with Crippen LogP contribution in [0.4, 0.5) is 4.39 Å². The molecule has 0 aliphatic carbocycles. The Labute approximate surface area is 134 Å².